The molecule has 6 nitrogen and oxygen atoms in total. The van der Waals surface area contributed by atoms with E-state index < -0.39 is 0 Å². The van der Waals surface area contributed by atoms with Crippen LogP contribution in [0.5, 0.6) is 0 Å². The van der Waals surface area contributed by atoms with Crippen LogP contribution in [0.15, 0.2) is 24.3 Å². The predicted octanol–water partition coefficient (Wildman–Crippen LogP) is 2.51. The molecule has 0 N–H and O–H groups in total. The molecule has 2 saturated heterocycles. The van der Waals surface area contributed by atoms with Crippen molar-refractivity contribution in [1.29, 1.82) is 0 Å². The van der Waals surface area contributed by atoms with Crippen LogP contribution in [0.1, 0.15) is 37.0 Å². The average molecular weight is 358 g/mol. The Bertz CT molecular complexity index is 613. The van der Waals surface area contributed by atoms with Crippen molar-refractivity contribution in [2.45, 2.75) is 26.7 Å². The summed E-state index contributed by atoms with van der Waals surface area (Å²) in [6.07, 6.45) is 2.49. The number of piperazine rings is 1. The predicted molar refractivity (Wildman–Crippen MR) is 104 cm³/mol. The zero-order valence-electron chi connectivity index (χ0n) is 16.0. The number of nitrogens with zero attached hydrogens (tertiary/aromatic N) is 4. The summed E-state index contributed by atoms with van der Waals surface area (Å²) in [5.41, 5.74) is 1.94. The van der Waals surface area contributed by atoms with E-state index in [0.29, 0.717) is 26.2 Å². The maximum atomic E-state index is 12.8. The fourth-order valence-electron chi connectivity index (χ4n) is 3.77. The molecule has 0 atom stereocenters. The number of hydrogen-bond acceptors (Lipinski definition) is 3. The molecule has 0 unspecified atom stereocenters. The molecule has 2 heterocycles. The van der Waals surface area contributed by atoms with Crippen LogP contribution in [0.3, 0.4) is 0 Å². The van der Waals surface area contributed by atoms with Crippen molar-refractivity contribution in [3.63, 3.8) is 0 Å². The molecule has 2 aliphatic heterocycles. The lowest BCUT2D eigenvalue weighted by molar-refractivity contribution is 0.0641. The first-order chi connectivity index (χ1) is 12.6. The van der Waals surface area contributed by atoms with Gasteiger partial charge in [-0.2, -0.15) is 0 Å². The molecule has 142 valence electrons. The summed E-state index contributed by atoms with van der Waals surface area (Å²) < 4.78 is 0. The van der Waals surface area contributed by atoms with E-state index in [0.717, 1.165) is 31.7 Å². The Morgan fingerprint density at radius 2 is 1.38 bits per heavy atom. The smallest absolute Gasteiger partial charge is 0.320 e. The molecule has 0 radical (unpaired) electrons. The van der Waals surface area contributed by atoms with E-state index in [1.807, 2.05) is 40.7 Å². The van der Waals surface area contributed by atoms with Crippen LogP contribution >= 0.6 is 0 Å². The van der Waals surface area contributed by atoms with Gasteiger partial charge in [0, 0.05) is 63.6 Å². The average Bonchev–Trinajstić information content (AvgIpc) is 3.23. The van der Waals surface area contributed by atoms with Crippen molar-refractivity contribution in [2.24, 2.45) is 0 Å². The highest BCUT2D eigenvalue weighted by Crippen LogP contribution is 2.21. The van der Waals surface area contributed by atoms with E-state index in [2.05, 4.69) is 17.0 Å². The van der Waals surface area contributed by atoms with Crippen LogP contribution in [-0.2, 0) is 0 Å². The molecule has 0 spiro atoms. The molecule has 0 aromatic heterocycles. The maximum Gasteiger partial charge on any atom is 0.320 e. The van der Waals surface area contributed by atoms with Crippen molar-refractivity contribution < 1.29 is 9.59 Å². The lowest BCUT2D eigenvalue weighted by atomic mass is 10.1. The Kier molecular flexibility index (Phi) is 6.01. The van der Waals surface area contributed by atoms with Gasteiger partial charge in [-0.25, -0.2) is 4.79 Å². The van der Waals surface area contributed by atoms with Crippen LogP contribution < -0.4 is 4.90 Å². The molecule has 3 amide bonds. The SMILES string of the molecule is CCN(CC)C(=O)N1CCN(C(=O)c2ccc(N3CCCC3)cc2)CC1. The molecule has 2 aliphatic rings. The van der Waals surface area contributed by atoms with E-state index in [4.69, 9.17) is 0 Å². The van der Waals surface area contributed by atoms with Crippen molar-refractivity contribution in [3.8, 4) is 0 Å². The fourth-order valence-corrected chi connectivity index (χ4v) is 3.77. The third-order valence-corrected chi connectivity index (χ3v) is 5.46. The summed E-state index contributed by atoms with van der Waals surface area (Å²) in [5.74, 6) is 0.0629. The molecule has 1 aromatic carbocycles. The summed E-state index contributed by atoms with van der Waals surface area (Å²) in [7, 11) is 0. The van der Waals surface area contributed by atoms with Crippen LogP contribution in [0.25, 0.3) is 0 Å². The fraction of sp³-hybridized carbons (Fsp3) is 0.600. The summed E-state index contributed by atoms with van der Waals surface area (Å²) >= 11 is 0. The number of benzene rings is 1. The molecule has 1 aromatic rings. The summed E-state index contributed by atoms with van der Waals surface area (Å²) in [6, 6.07) is 8.06. The van der Waals surface area contributed by atoms with Gasteiger partial charge in [-0.15, -0.1) is 0 Å². The minimum atomic E-state index is 0.0629. The largest absolute Gasteiger partial charge is 0.372 e. The van der Waals surface area contributed by atoms with Gasteiger partial charge in [-0.05, 0) is 51.0 Å². The van der Waals surface area contributed by atoms with Gasteiger partial charge in [0.25, 0.3) is 5.91 Å². The molecule has 2 fully saturated rings. The highest BCUT2D eigenvalue weighted by atomic mass is 16.2. The van der Waals surface area contributed by atoms with Crippen molar-refractivity contribution in [1.82, 2.24) is 14.7 Å². The number of rotatable bonds is 4. The number of carbonyl (C=O) groups is 2. The Hall–Kier alpha value is -2.24. The molecule has 0 bridgehead atoms. The van der Waals surface area contributed by atoms with Crippen LogP contribution in [0.4, 0.5) is 10.5 Å². The maximum absolute atomic E-state index is 12.8. The van der Waals surface area contributed by atoms with E-state index in [1.165, 1.54) is 18.5 Å². The number of carbonyl (C=O) groups excluding carboxylic acids is 2. The zero-order valence-corrected chi connectivity index (χ0v) is 16.0. The Labute approximate surface area is 156 Å². The second-order valence-corrected chi connectivity index (χ2v) is 6.98. The lowest BCUT2D eigenvalue weighted by Crippen LogP contribution is -2.54. The zero-order chi connectivity index (χ0) is 18.5. The molecular weight excluding hydrogens is 328 g/mol. The second kappa shape index (κ2) is 8.43. The summed E-state index contributed by atoms with van der Waals surface area (Å²) in [4.78, 5) is 33.1. The first-order valence-corrected chi connectivity index (χ1v) is 9.82. The summed E-state index contributed by atoms with van der Waals surface area (Å²) in [6.45, 7) is 10.0. The van der Waals surface area contributed by atoms with Gasteiger partial charge in [-0.1, -0.05) is 0 Å². The Balaban J connectivity index is 1.55. The molecule has 6 heteroatoms. The normalized spacial score (nSPS) is 17.5. The number of hydrogen-bond donors (Lipinski definition) is 0. The molecule has 0 saturated carbocycles. The third kappa shape index (κ3) is 3.94. The quantitative estimate of drug-likeness (QED) is 0.831. The highest BCUT2D eigenvalue weighted by molar-refractivity contribution is 5.94. The molecule has 3 rings (SSSR count). The number of anilines is 1. The van der Waals surface area contributed by atoms with E-state index in [9.17, 15) is 9.59 Å². The minimum absolute atomic E-state index is 0.0629. The van der Waals surface area contributed by atoms with Gasteiger partial charge in [0.2, 0.25) is 0 Å². The van der Waals surface area contributed by atoms with E-state index >= 15 is 0 Å². The number of urea groups is 1. The van der Waals surface area contributed by atoms with Gasteiger partial charge in [0.15, 0.2) is 0 Å². The van der Waals surface area contributed by atoms with Gasteiger partial charge >= 0.3 is 6.03 Å². The second-order valence-electron chi connectivity index (χ2n) is 6.98. The third-order valence-electron chi connectivity index (χ3n) is 5.46. The van der Waals surface area contributed by atoms with Crippen molar-refractivity contribution >= 4 is 17.6 Å². The van der Waals surface area contributed by atoms with Gasteiger partial charge in [-0.3, -0.25) is 4.79 Å². The Morgan fingerprint density at radius 1 is 0.846 bits per heavy atom. The standard InChI is InChI=1S/C20H30N4O2/c1-3-21(4-2)20(26)24-15-13-23(14-16-24)19(25)17-7-9-18(10-8-17)22-11-5-6-12-22/h7-10H,3-6,11-16H2,1-2H3. The first-order valence-electron chi connectivity index (χ1n) is 9.82. The molecule has 26 heavy (non-hydrogen) atoms. The van der Waals surface area contributed by atoms with E-state index in [1.54, 1.807) is 0 Å². The molecular formula is C20H30N4O2. The first kappa shape index (κ1) is 18.5. The van der Waals surface area contributed by atoms with Crippen LogP contribution in [0.2, 0.25) is 0 Å². The number of amides is 3. The van der Waals surface area contributed by atoms with Crippen molar-refractivity contribution in [2.75, 3.05) is 57.3 Å². The topological polar surface area (TPSA) is 47.1 Å². The Morgan fingerprint density at radius 3 is 1.92 bits per heavy atom. The van der Waals surface area contributed by atoms with Crippen molar-refractivity contribution in [3.05, 3.63) is 29.8 Å². The summed E-state index contributed by atoms with van der Waals surface area (Å²) in [5, 5.41) is 0. The van der Waals surface area contributed by atoms with E-state index in [-0.39, 0.29) is 11.9 Å². The lowest BCUT2D eigenvalue weighted by Gasteiger charge is -2.37. The van der Waals surface area contributed by atoms with Gasteiger partial charge in [0.05, 0.1) is 0 Å². The van der Waals surface area contributed by atoms with Crippen LogP contribution in [0, 0.1) is 0 Å². The van der Waals surface area contributed by atoms with Gasteiger partial charge < -0.3 is 19.6 Å². The minimum Gasteiger partial charge on any atom is -0.372 e. The molecule has 0 aliphatic carbocycles. The van der Waals surface area contributed by atoms with Crippen LogP contribution in [-0.4, -0.2) is 79.0 Å². The van der Waals surface area contributed by atoms with Gasteiger partial charge in [0.1, 0.15) is 0 Å². The monoisotopic (exact) mass is 358 g/mol. The highest BCUT2D eigenvalue weighted by Gasteiger charge is 2.26.